The molecule has 1 saturated carbocycles. The van der Waals surface area contributed by atoms with Crippen molar-refractivity contribution in [3.8, 4) is 0 Å². The van der Waals surface area contributed by atoms with Gasteiger partial charge < -0.3 is 14.3 Å². The molecular weight excluding hydrogens is 621 g/mol. The molecule has 0 spiro atoms. The molecule has 1 N–H and O–H groups in total. The van der Waals surface area contributed by atoms with E-state index in [2.05, 4.69) is 106 Å². The summed E-state index contributed by atoms with van der Waals surface area (Å²) in [6.45, 7) is 6.83. The standard InChI is InChI=1S/C40H46O5SSi/c1-40(2,3)47(30-18-9-7-10-19-30,31-20-11-8-12-21-31)45-36(38-27-29-17-15-16-23-37(29)46-38)26-25-33-32(34(41)28-35(33)42)22-13-5-6-14-24-39(43)44-4/h5,7-13,15-21,23,25-27,32-33,35-36,42H,6,14,22,24,28H2,1-4H3/b13-5+,26-25+/t32-,33-,35-,36-/m1/s1. The van der Waals surface area contributed by atoms with Crippen LogP contribution in [0.25, 0.3) is 10.1 Å². The molecule has 47 heavy (non-hydrogen) atoms. The molecule has 246 valence electrons. The third-order valence-electron chi connectivity index (χ3n) is 9.22. The van der Waals surface area contributed by atoms with Crippen LogP contribution in [0.5, 0.6) is 0 Å². The number of carbonyl (C=O) groups is 2. The number of benzene rings is 3. The van der Waals surface area contributed by atoms with E-state index in [1.807, 2.05) is 30.4 Å². The highest BCUT2D eigenvalue weighted by atomic mass is 32.1. The molecule has 1 aromatic heterocycles. The van der Waals surface area contributed by atoms with Crippen LogP contribution in [0.3, 0.4) is 0 Å². The third kappa shape index (κ3) is 7.92. The number of ether oxygens (including phenoxy) is 1. The number of fused-ring (bicyclic) bond motifs is 1. The topological polar surface area (TPSA) is 72.8 Å². The molecular formula is C40H46O5SSi. The Kier molecular flexibility index (Phi) is 11.5. The molecule has 5 rings (SSSR count). The van der Waals surface area contributed by atoms with Gasteiger partial charge in [-0.2, -0.15) is 0 Å². The summed E-state index contributed by atoms with van der Waals surface area (Å²) in [5.41, 5.74) is 0. The van der Waals surface area contributed by atoms with Crippen molar-refractivity contribution in [1.82, 2.24) is 0 Å². The van der Waals surface area contributed by atoms with Gasteiger partial charge in [0.2, 0.25) is 0 Å². The van der Waals surface area contributed by atoms with Crippen LogP contribution in [-0.2, 0) is 18.8 Å². The monoisotopic (exact) mass is 666 g/mol. The molecule has 1 aliphatic carbocycles. The molecule has 4 atom stereocenters. The Balaban J connectivity index is 1.52. The van der Waals surface area contributed by atoms with Crippen LogP contribution in [0.1, 0.15) is 63.9 Å². The summed E-state index contributed by atoms with van der Waals surface area (Å²) in [6.07, 6.45) is 9.55. The van der Waals surface area contributed by atoms with Crippen molar-refractivity contribution in [2.24, 2.45) is 11.8 Å². The summed E-state index contributed by atoms with van der Waals surface area (Å²) in [5.74, 6) is -0.764. The van der Waals surface area contributed by atoms with Crippen molar-refractivity contribution in [1.29, 1.82) is 0 Å². The van der Waals surface area contributed by atoms with Gasteiger partial charge in [0.15, 0.2) is 0 Å². The van der Waals surface area contributed by atoms with Crippen LogP contribution in [-0.4, -0.2) is 38.4 Å². The van der Waals surface area contributed by atoms with Crippen molar-refractivity contribution in [3.63, 3.8) is 0 Å². The Morgan fingerprint density at radius 2 is 1.62 bits per heavy atom. The zero-order valence-corrected chi connectivity index (χ0v) is 29.6. The molecule has 0 saturated heterocycles. The predicted molar refractivity (Wildman–Crippen MR) is 195 cm³/mol. The summed E-state index contributed by atoms with van der Waals surface area (Å²) in [4.78, 5) is 25.6. The second kappa shape index (κ2) is 15.5. The third-order valence-corrected chi connectivity index (χ3v) is 15.4. The first-order valence-electron chi connectivity index (χ1n) is 16.5. The van der Waals surface area contributed by atoms with E-state index in [-0.39, 0.29) is 35.0 Å². The zero-order valence-electron chi connectivity index (χ0n) is 27.8. The second-order valence-electron chi connectivity index (χ2n) is 13.4. The van der Waals surface area contributed by atoms with Gasteiger partial charge in [0, 0.05) is 34.3 Å². The van der Waals surface area contributed by atoms with E-state index in [0.29, 0.717) is 19.3 Å². The fourth-order valence-corrected chi connectivity index (χ4v) is 12.6. The molecule has 0 aliphatic heterocycles. The van der Waals surface area contributed by atoms with E-state index in [4.69, 9.17) is 9.16 Å². The normalized spacial score (nSPS) is 19.6. The zero-order chi connectivity index (χ0) is 33.4. The summed E-state index contributed by atoms with van der Waals surface area (Å²) >= 11 is 1.73. The van der Waals surface area contributed by atoms with Crippen LogP contribution < -0.4 is 10.4 Å². The van der Waals surface area contributed by atoms with Crippen molar-refractivity contribution < 1.29 is 23.9 Å². The Morgan fingerprint density at radius 1 is 0.979 bits per heavy atom. The highest BCUT2D eigenvalue weighted by molar-refractivity contribution is 7.19. The summed E-state index contributed by atoms with van der Waals surface area (Å²) in [6, 6.07) is 31.9. The Bertz CT molecular complexity index is 1620. The summed E-state index contributed by atoms with van der Waals surface area (Å²) in [7, 11) is -1.53. The maximum atomic E-state index is 13.1. The van der Waals surface area contributed by atoms with E-state index in [1.165, 1.54) is 27.6 Å². The van der Waals surface area contributed by atoms with Gasteiger partial charge in [-0.1, -0.05) is 124 Å². The van der Waals surface area contributed by atoms with Crippen LogP contribution in [0, 0.1) is 11.8 Å². The number of hydrogen-bond acceptors (Lipinski definition) is 6. The van der Waals surface area contributed by atoms with Gasteiger partial charge in [-0.25, -0.2) is 0 Å². The number of allylic oxidation sites excluding steroid dienone is 2. The average molecular weight is 667 g/mol. The maximum absolute atomic E-state index is 13.1. The highest BCUT2D eigenvalue weighted by Gasteiger charge is 2.51. The van der Waals surface area contributed by atoms with Crippen molar-refractivity contribution >= 4 is 51.9 Å². The second-order valence-corrected chi connectivity index (χ2v) is 18.7. The number of thiophene rings is 1. The molecule has 1 aliphatic rings. The lowest BCUT2D eigenvalue weighted by Crippen LogP contribution is -2.66. The number of aliphatic hydroxyl groups is 1. The Morgan fingerprint density at radius 3 is 2.23 bits per heavy atom. The minimum absolute atomic E-state index is 0.0812. The molecule has 0 amide bonds. The fourth-order valence-electron chi connectivity index (χ4n) is 6.80. The van der Waals surface area contributed by atoms with E-state index in [1.54, 1.807) is 11.3 Å². The van der Waals surface area contributed by atoms with Crippen molar-refractivity contribution in [3.05, 3.63) is 120 Å². The summed E-state index contributed by atoms with van der Waals surface area (Å²) < 4.78 is 13.6. The maximum Gasteiger partial charge on any atom is 0.305 e. The van der Waals surface area contributed by atoms with Crippen LogP contribution in [0.15, 0.2) is 115 Å². The minimum Gasteiger partial charge on any atom is -0.469 e. The predicted octanol–water partition coefficient (Wildman–Crippen LogP) is 7.93. The highest BCUT2D eigenvalue weighted by Crippen LogP contribution is 2.43. The van der Waals surface area contributed by atoms with Crippen LogP contribution >= 0.6 is 11.3 Å². The molecule has 1 fully saturated rings. The van der Waals surface area contributed by atoms with Gasteiger partial charge in [0.25, 0.3) is 8.32 Å². The van der Waals surface area contributed by atoms with Gasteiger partial charge in [-0.05, 0) is 52.2 Å². The van der Waals surface area contributed by atoms with Gasteiger partial charge >= 0.3 is 5.97 Å². The van der Waals surface area contributed by atoms with E-state index in [0.717, 1.165) is 11.3 Å². The number of Topliss-reactive ketones (excluding diaryl/α,β-unsaturated/α-hetero) is 1. The Hall–Kier alpha value is -3.62. The fraction of sp³-hybridized carbons (Fsp3) is 0.350. The average Bonchev–Trinajstić information content (AvgIpc) is 3.62. The smallest absolute Gasteiger partial charge is 0.305 e. The molecule has 0 radical (unpaired) electrons. The number of aliphatic hydroxyl groups excluding tert-OH is 1. The molecule has 3 aromatic carbocycles. The van der Waals surface area contributed by atoms with Crippen molar-refractivity contribution in [2.45, 2.75) is 70.1 Å². The van der Waals surface area contributed by atoms with Gasteiger partial charge in [0.1, 0.15) is 5.78 Å². The first kappa shape index (κ1) is 34.7. The van der Waals surface area contributed by atoms with Gasteiger partial charge in [-0.3, -0.25) is 9.59 Å². The first-order valence-corrected chi connectivity index (χ1v) is 19.2. The van der Waals surface area contributed by atoms with Gasteiger partial charge in [0.05, 0.1) is 19.3 Å². The van der Waals surface area contributed by atoms with Crippen molar-refractivity contribution in [2.75, 3.05) is 7.11 Å². The quantitative estimate of drug-likeness (QED) is 0.0679. The summed E-state index contributed by atoms with van der Waals surface area (Å²) in [5, 5.41) is 14.4. The number of ketones is 1. The lowest BCUT2D eigenvalue weighted by atomic mass is 9.90. The molecule has 7 heteroatoms. The lowest BCUT2D eigenvalue weighted by molar-refractivity contribution is -0.140. The SMILES string of the molecule is COC(=O)CCC/C=C/C[C@H]1C(=O)C[C@@H](O)[C@@H]1/C=C/[C@@H](O[Si](c1ccccc1)(c1ccccc1)C(C)(C)C)c1cc2ccccc2s1. The Labute approximate surface area is 284 Å². The van der Waals surface area contributed by atoms with E-state index >= 15 is 0 Å². The van der Waals surface area contributed by atoms with Gasteiger partial charge in [-0.15, -0.1) is 11.3 Å². The largest absolute Gasteiger partial charge is 0.469 e. The lowest BCUT2D eigenvalue weighted by Gasteiger charge is -2.44. The molecule has 1 heterocycles. The molecule has 0 bridgehead atoms. The number of esters is 1. The first-order chi connectivity index (χ1) is 22.6. The number of unbranched alkanes of at least 4 members (excludes halogenated alkanes) is 1. The number of hydrogen-bond donors (Lipinski definition) is 1. The molecule has 5 nitrogen and oxygen atoms in total. The van der Waals surface area contributed by atoms with E-state index in [9.17, 15) is 14.7 Å². The number of methoxy groups -OCH3 is 1. The van der Waals surface area contributed by atoms with Crippen LogP contribution in [0.4, 0.5) is 0 Å². The molecule has 4 aromatic rings. The number of rotatable bonds is 13. The van der Waals surface area contributed by atoms with E-state index < -0.39 is 20.5 Å². The minimum atomic E-state index is -2.93. The molecule has 0 unspecified atom stereocenters. The van der Waals surface area contributed by atoms with Crippen LogP contribution in [0.2, 0.25) is 5.04 Å². The number of carbonyl (C=O) groups excluding carboxylic acids is 2.